The van der Waals surface area contributed by atoms with Crippen LogP contribution in [0.3, 0.4) is 0 Å². The Kier molecular flexibility index (Phi) is 3.90. The third-order valence-electron chi connectivity index (χ3n) is 4.61. The van der Waals surface area contributed by atoms with Crippen LogP contribution in [0.5, 0.6) is 5.75 Å². The number of hydrogen-bond acceptors (Lipinski definition) is 3. The van der Waals surface area contributed by atoms with E-state index >= 15 is 0 Å². The van der Waals surface area contributed by atoms with Crippen molar-refractivity contribution in [2.75, 3.05) is 6.61 Å². The first-order valence-corrected chi connectivity index (χ1v) is 9.64. The van der Waals surface area contributed by atoms with Gasteiger partial charge in [0.1, 0.15) is 5.75 Å². The molecule has 2 aliphatic rings. The number of aryl methyl sites for hydroxylation is 1. The van der Waals surface area contributed by atoms with Crippen LogP contribution in [0.4, 0.5) is 0 Å². The molecule has 0 amide bonds. The quantitative estimate of drug-likeness (QED) is 0.931. The molecule has 24 heavy (non-hydrogen) atoms. The molecule has 0 saturated carbocycles. The molecule has 1 aliphatic heterocycles. The molecular weight excluding hydrogens is 322 g/mol. The van der Waals surface area contributed by atoms with Gasteiger partial charge in [-0.15, -0.1) is 0 Å². The van der Waals surface area contributed by atoms with Gasteiger partial charge in [0.05, 0.1) is 17.6 Å². The molecule has 1 aliphatic carbocycles. The largest absolute Gasteiger partial charge is 0.493 e. The van der Waals surface area contributed by atoms with Crippen LogP contribution < -0.4 is 9.46 Å². The van der Waals surface area contributed by atoms with Crippen LogP contribution in [0.25, 0.3) is 6.08 Å². The highest BCUT2D eigenvalue weighted by Crippen LogP contribution is 2.34. The number of fused-ring (bicyclic) bond motifs is 2. The summed E-state index contributed by atoms with van der Waals surface area (Å²) in [6.07, 6.45) is 3.73. The SMILES string of the molecule is O=S(=O)(NC1CCOc2ccccc21)C1=Cc2ccccc2CC1. The number of sulfonamides is 1. The summed E-state index contributed by atoms with van der Waals surface area (Å²) in [5, 5.41) is 0. The molecule has 2 aromatic carbocycles. The Balaban J connectivity index is 1.63. The standard InChI is InChI=1S/C19H19NO3S/c21-24(22,16-10-9-14-5-1-2-6-15(14)13-16)20-18-11-12-23-19-8-4-3-7-17(18)19/h1-8,13,18,20H,9-12H2. The van der Waals surface area contributed by atoms with Crippen molar-refractivity contribution in [3.63, 3.8) is 0 Å². The zero-order valence-electron chi connectivity index (χ0n) is 13.2. The predicted octanol–water partition coefficient (Wildman–Crippen LogP) is 3.42. The van der Waals surface area contributed by atoms with Crippen LogP contribution in [0.1, 0.15) is 35.6 Å². The van der Waals surface area contributed by atoms with Gasteiger partial charge in [-0.3, -0.25) is 0 Å². The molecule has 0 aromatic heterocycles. The summed E-state index contributed by atoms with van der Waals surface area (Å²) < 4.78 is 34.2. The van der Waals surface area contributed by atoms with E-state index in [0.29, 0.717) is 24.4 Å². The van der Waals surface area contributed by atoms with Gasteiger partial charge in [0.25, 0.3) is 0 Å². The predicted molar refractivity (Wildman–Crippen MR) is 94.1 cm³/mol. The number of ether oxygens (including phenoxy) is 1. The molecule has 0 bridgehead atoms. The summed E-state index contributed by atoms with van der Waals surface area (Å²) in [5.74, 6) is 0.763. The lowest BCUT2D eigenvalue weighted by molar-refractivity contribution is 0.263. The zero-order valence-corrected chi connectivity index (χ0v) is 14.1. The van der Waals surface area contributed by atoms with E-state index in [1.165, 1.54) is 5.56 Å². The number of hydrogen-bond donors (Lipinski definition) is 1. The van der Waals surface area contributed by atoms with E-state index in [1.807, 2.05) is 42.5 Å². The maximum Gasteiger partial charge on any atom is 0.237 e. The summed E-state index contributed by atoms with van der Waals surface area (Å²) in [7, 11) is -3.51. The van der Waals surface area contributed by atoms with Gasteiger partial charge in [-0.05, 0) is 36.1 Å². The normalized spacial score (nSPS) is 19.7. The van der Waals surface area contributed by atoms with Gasteiger partial charge in [0, 0.05) is 12.0 Å². The number of nitrogens with one attached hydrogen (secondary N) is 1. The first-order valence-electron chi connectivity index (χ1n) is 8.16. The maximum absolute atomic E-state index is 12.9. The summed E-state index contributed by atoms with van der Waals surface area (Å²) in [6.45, 7) is 0.520. The van der Waals surface area contributed by atoms with E-state index in [1.54, 1.807) is 6.08 Å². The summed E-state index contributed by atoms with van der Waals surface area (Å²) in [5.41, 5.74) is 3.11. The lowest BCUT2D eigenvalue weighted by atomic mass is 9.98. The van der Waals surface area contributed by atoms with E-state index in [4.69, 9.17) is 4.74 Å². The van der Waals surface area contributed by atoms with Crippen LogP contribution in [-0.4, -0.2) is 15.0 Å². The van der Waals surface area contributed by atoms with Gasteiger partial charge in [-0.1, -0.05) is 42.5 Å². The van der Waals surface area contributed by atoms with E-state index in [2.05, 4.69) is 10.8 Å². The molecule has 1 heterocycles. The Bertz CT molecular complexity index is 902. The first kappa shape index (κ1) is 15.4. The lowest BCUT2D eigenvalue weighted by Gasteiger charge is -2.27. The zero-order chi connectivity index (χ0) is 16.6. The van der Waals surface area contributed by atoms with Crippen molar-refractivity contribution >= 4 is 16.1 Å². The Morgan fingerprint density at radius 3 is 2.71 bits per heavy atom. The Morgan fingerprint density at radius 1 is 1.00 bits per heavy atom. The van der Waals surface area contributed by atoms with Gasteiger partial charge >= 0.3 is 0 Å². The maximum atomic E-state index is 12.9. The van der Waals surface area contributed by atoms with E-state index in [0.717, 1.165) is 23.3 Å². The first-order chi connectivity index (χ1) is 11.6. The highest BCUT2D eigenvalue weighted by atomic mass is 32.2. The van der Waals surface area contributed by atoms with Gasteiger partial charge in [-0.25, -0.2) is 13.1 Å². The van der Waals surface area contributed by atoms with Crippen molar-refractivity contribution in [3.05, 3.63) is 70.1 Å². The number of allylic oxidation sites excluding steroid dienone is 1. The third kappa shape index (κ3) is 2.85. The van der Waals surface area contributed by atoms with Gasteiger partial charge in [0.15, 0.2) is 0 Å². The Labute approximate surface area is 142 Å². The summed E-state index contributed by atoms with van der Waals surface area (Å²) in [4.78, 5) is 0.463. The fraction of sp³-hybridized carbons (Fsp3) is 0.263. The van der Waals surface area contributed by atoms with Crippen molar-refractivity contribution in [2.45, 2.75) is 25.3 Å². The molecule has 0 saturated heterocycles. The molecule has 124 valence electrons. The van der Waals surface area contributed by atoms with Crippen LogP contribution in [0, 0.1) is 0 Å². The highest BCUT2D eigenvalue weighted by Gasteiger charge is 2.28. The lowest BCUT2D eigenvalue weighted by Crippen LogP contribution is -2.33. The Morgan fingerprint density at radius 2 is 1.79 bits per heavy atom. The number of rotatable bonds is 3. The summed E-state index contributed by atoms with van der Waals surface area (Å²) in [6, 6.07) is 15.3. The van der Waals surface area contributed by atoms with Gasteiger partial charge in [-0.2, -0.15) is 0 Å². The van der Waals surface area contributed by atoms with Crippen molar-refractivity contribution in [3.8, 4) is 5.75 Å². The molecule has 4 rings (SSSR count). The minimum Gasteiger partial charge on any atom is -0.493 e. The average molecular weight is 341 g/mol. The van der Waals surface area contributed by atoms with E-state index in [-0.39, 0.29) is 6.04 Å². The Hall–Kier alpha value is -2.11. The van der Waals surface area contributed by atoms with Gasteiger partial charge in [0.2, 0.25) is 10.0 Å². The average Bonchev–Trinajstić information content (AvgIpc) is 2.61. The number of benzene rings is 2. The van der Waals surface area contributed by atoms with E-state index < -0.39 is 10.0 Å². The van der Waals surface area contributed by atoms with E-state index in [9.17, 15) is 8.42 Å². The van der Waals surface area contributed by atoms with Crippen molar-refractivity contribution in [2.24, 2.45) is 0 Å². The third-order valence-corrected chi connectivity index (χ3v) is 6.22. The second kappa shape index (κ2) is 6.07. The summed E-state index contributed by atoms with van der Waals surface area (Å²) >= 11 is 0. The van der Waals surface area contributed by atoms with Crippen molar-refractivity contribution in [1.29, 1.82) is 0 Å². The fourth-order valence-corrected chi connectivity index (χ4v) is 4.77. The van der Waals surface area contributed by atoms with Crippen LogP contribution in [0.15, 0.2) is 53.4 Å². The minimum atomic E-state index is -3.51. The molecule has 0 radical (unpaired) electrons. The molecule has 0 fully saturated rings. The van der Waals surface area contributed by atoms with Gasteiger partial charge < -0.3 is 4.74 Å². The number of para-hydroxylation sites is 1. The molecular formula is C19H19NO3S. The minimum absolute atomic E-state index is 0.238. The molecule has 5 heteroatoms. The highest BCUT2D eigenvalue weighted by molar-refractivity contribution is 7.93. The van der Waals surface area contributed by atoms with Crippen molar-refractivity contribution in [1.82, 2.24) is 4.72 Å². The smallest absolute Gasteiger partial charge is 0.237 e. The van der Waals surface area contributed by atoms with Crippen LogP contribution in [0.2, 0.25) is 0 Å². The topological polar surface area (TPSA) is 55.4 Å². The van der Waals surface area contributed by atoms with Crippen LogP contribution in [-0.2, 0) is 16.4 Å². The second-order valence-corrected chi connectivity index (χ2v) is 7.93. The molecule has 1 unspecified atom stereocenters. The fourth-order valence-electron chi connectivity index (χ4n) is 3.35. The molecule has 1 atom stereocenters. The molecule has 2 aromatic rings. The molecule has 1 N–H and O–H groups in total. The molecule has 0 spiro atoms. The van der Waals surface area contributed by atoms with Crippen LogP contribution >= 0.6 is 0 Å². The second-order valence-electron chi connectivity index (χ2n) is 6.16. The van der Waals surface area contributed by atoms with Crippen molar-refractivity contribution < 1.29 is 13.2 Å². The molecule has 4 nitrogen and oxygen atoms in total. The monoisotopic (exact) mass is 341 g/mol.